The molecule has 1 aliphatic heterocycles. The fourth-order valence-corrected chi connectivity index (χ4v) is 2.15. The summed E-state index contributed by atoms with van der Waals surface area (Å²) in [6.45, 7) is 8.69. The highest BCUT2D eigenvalue weighted by Crippen LogP contribution is 2.18. The van der Waals surface area contributed by atoms with Gasteiger partial charge in [0.25, 0.3) is 0 Å². The summed E-state index contributed by atoms with van der Waals surface area (Å²) >= 11 is 0. The Bertz CT molecular complexity index is 398. The van der Waals surface area contributed by atoms with Crippen LogP contribution in [0.5, 0.6) is 0 Å². The van der Waals surface area contributed by atoms with Crippen molar-refractivity contribution in [3.8, 4) is 0 Å². The number of pyridine rings is 1. The van der Waals surface area contributed by atoms with Gasteiger partial charge < -0.3 is 5.73 Å². The molecule has 0 aliphatic carbocycles. The van der Waals surface area contributed by atoms with E-state index in [-0.39, 0.29) is 0 Å². The van der Waals surface area contributed by atoms with Crippen molar-refractivity contribution in [3.05, 3.63) is 41.4 Å². The van der Waals surface area contributed by atoms with Crippen molar-refractivity contribution in [3.63, 3.8) is 0 Å². The smallest absolute Gasteiger partial charge is 0.0461 e. The Balaban J connectivity index is 2.14. The molecule has 0 saturated carbocycles. The molecule has 0 saturated heterocycles. The van der Waals surface area contributed by atoms with E-state index >= 15 is 0 Å². The summed E-state index contributed by atoms with van der Waals surface area (Å²) in [6.07, 6.45) is 4.06. The van der Waals surface area contributed by atoms with Gasteiger partial charge in [0.1, 0.15) is 0 Å². The van der Waals surface area contributed by atoms with E-state index in [1.54, 1.807) is 0 Å². The first kappa shape index (κ1) is 11.1. The second-order valence-corrected chi connectivity index (χ2v) is 4.42. The molecule has 2 N–H and O–H groups in total. The van der Waals surface area contributed by atoms with Crippen LogP contribution in [0.1, 0.15) is 23.7 Å². The van der Waals surface area contributed by atoms with Crippen LogP contribution >= 0.6 is 0 Å². The third kappa shape index (κ3) is 2.42. The Morgan fingerprint density at radius 3 is 3.12 bits per heavy atom. The van der Waals surface area contributed by atoms with Crippen LogP contribution < -0.4 is 5.73 Å². The molecule has 1 aliphatic rings. The highest BCUT2D eigenvalue weighted by molar-refractivity contribution is 5.27. The Kier molecular flexibility index (Phi) is 3.25. The third-order valence-corrected chi connectivity index (χ3v) is 3.01. The highest BCUT2D eigenvalue weighted by Gasteiger charge is 2.17. The number of aryl methyl sites for hydroxylation is 1. The minimum atomic E-state index is 0.739. The van der Waals surface area contributed by atoms with E-state index < -0.39 is 0 Å². The maximum atomic E-state index is 5.65. The molecule has 0 fully saturated rings. The molecule has 0 bridgehead atoms. The third-order valence-electron chi connectivity index (χ3n) is 3.01. The van der Waals surface area contributed by atoms with Crippen molar-refractivity contribution in [1.82, 2.24) is 9.88 Å². The summed E-state index contributed by atoms with van der Waals surface area (Å²) in [5.41, 5.74) is 10.3. The van der Waals surface area contributed by atoms with E-state index in [0.29, 0.717) is 0 Å². The largest absolute Gasteiger partial charge is 0.401 e. The quantitative estimate of drug-likeness (QED) is 0.833. The summed E-state index contributed by atoms with van der Waals surface area (Å²) < 4.78 is 0. The van der Waals surface area contributed by atoms with Gasteiger partial charge in [0.15, 0.2) is 0 Å². The summed E-state index contributed by atoms with van der Waals surface area (Å²) in [5.74, 6) is 0. The molecule has 0 amide bonds. The van der Waals surface area contributed by atoms with Gasteiger partial charge in [-0.05, 0) is 17.5 Å². The van der Waals surface area contributed by atoms with E-state index in [2.05, 4.69) is 29.5 Å². The first-order valence-corrected chi connectivity index (χ1v) is 5.81. The fourth-order valence-electron chi connectivity index (χ4n) is 2.15. The monoisotopic (exact) mass is 217 g/mol. The standard InChI is InChI=1S/C13H19N3/c1-3-11-6-12-9-16(8-10(2)14)5-4-13(12)15-7-11/h6-7H,2-5,8-9,14H2,1H3. The molecule has 1 aromatic heterocycles. The van der Waals surface area contributed by atoms with Crippen LogP contribution in [0.3, 0.4) is 0 Å². The molecule has 1 aromatic rings. The topological polar surface area (TPSA) is 42.1 Å². The normalized spacial score (nSPS) is 15.8. The van der Waals surface area contributed by atoms with E-state index in [0.717, 1.165) is 38.2 Å². The maximum absolute atomic E-state index is 5.65. The van der Waals surface area contributed by atoms with Crippen molar-refractivity contribution < 1.29 is 0 Å². The molecule has 2 rings (SSSR count). The van der Waals surface area contributed by atoms with Gasteiger partial charge in [0.05, 0.1) is 0 Å². The van der Waals surface area contributed by atoms with Crippen molar-refractivity contribution >= 4 is 0 Å². The number of fused-ring (bicyclic) bond motifs is 1. The van der Waals surface area contributed by atoms with Gasteiger partial charge in [-0.25, -0.2) is 0 Å². The van der Waals surface area contributed by atoms with Crippen molar-refractivity contribution in [2.75, 3.05) is 13.1 Å². The Labute approximate surface area is 97.0 Å². The van der Waals surface area contributed by atoms with Crippen molar-refractivity contribution in [1.29, 1.82) is 0 Å². The lowest BCUT2D eigenvalue weighted by molar-refractivity contribution is 0.272. The number of nitrogens with zero attached hydrogens (tertiary/aromatic N) is 2. The first-order valence-electron chi connectivity index (χ1n) is 5.81. The molecule has 0 spiro atoms. The first-order chi connectivity index (χ1) is 7.69. The number of aromatic nitrogens is 1. The lowest BCUT2D eigenvalue weighted by Gasteiger charge is -2.28. The minimum absolute atomic E-state index is 0.739. The molecule has 0 unspecified atom stereocenters. The van der Waals surface area contributed by atoms with Crippen LogP contribution in [-0.4, -0.2) is 23.0 Å². The summed E-state index contributed by atoms with van der Waals surface area (Å²) in [6, 6.07) is 2.27. The summed E-state index contributed by atoms with van der Waals surface area (Å²) in [4.78, 5) is 6.85. The molecule has 3 nitrogen and oxygen atoms in total. The average Bonchev–Trinajstić information content (AvgIpc) is 2.27. The zero-order valence-electron chi connectivity index (χ0n) is 9.87. The van der Waals surface area contributed by atoms with Crippen molar-refractivity contribution in [2.45, 2.75) is 26.3 Å². The molecular weight excluding hydrogens is 198 g/mol. The van der Waals surface area contributed by atoms with Gasteiger partial charge in [-0.1, -0.05) is 19.6 Å². The van der Waals surface area contributed by atoms with E-state index in [1.807, 2.05) is 6.20 Å². The lowest BCUT2D eigenvalue weighted by Crippen LogP contribution is -2.33. The second-order valence-electron chi connectivity index (χ2n) is 4.42. The molecular formula is C13H19N3. The van der Waals surface area contributed by atoms with Crippen LogP contribution in [0.4, 0.5) is 0 Å². The predicted molar refractivity (Wildman–Crippen MR) is 65.9 cm³/mol. The van der Waals surface area contributed by atoms with Crippen LogP contribution in [0.25, 0.3) is 0 Å². The van der Waals surface area contributed by atoms with Crippen LogP contribution in [0, 0.1) is 0 Å². The van der Waals surface area contributed by atoms with Gasteiger partial charge in [-0.2, -0.15) is 0 Å². The molecule has 0 radical (unpaired) electrons. The number of rotatable bonds is 3. The van der Waals surface area contributed by atoms with Crippen LogP contribution in [0.2, 0.25) is 0 Å². The maximum Gasteiger partial charge on any atom is 0.0461 e. The molecule has 3 heteroatoms. The molecule has 0 aromatic carbocycles. The Morgan fingerprint density at radius 2 is 2.44 bits per heavy atom. The number of nitrogens with two attached hydrogens (primary N) is 1. The lowest BCUT2D eigenvalue weighted by atomic mass is 10.0. The van der Waals surface area contributed by atoms with Gasteiger partial charge >= 0.3 is 0 Å². The molecule has 86 valence electrons. The number of hydrogen-bond acceptors (Lipinski definition) is 3. The zero-order chi connectivity index (χ0) is 11.5. The summed E-state index contributed by atoms with van der Waals surface area (Å²) in [5, 5.41) is 0. The molecule has 0 atom stereocenters. The van der Waals surface area contributed by atoms with E-state index in [4.69, 9.17) is 5.73 Å². The van der Waals surface area contributed by atoms with Gasteiger partial charge in [-0.3, -0.25) is 9.88 Å². The van der Waals surface area contributed by atoms with Gasteiger partial charge in [0, 0.05) is 43.6 Å². The summed E-state index contributed by atoms with van der Waals surface area (Å²) in [7, 11) is 0. The Morgan fingerprint density at radius 1 is 1.62 bits per heavy atom. The van der Waals surface area contributed by atoms with Crippen molar-refractivity contribution in [2.24, 2.45) is 5.73 Å². The van der Waals surface area contributed by atoms with Crippen LogP contribution in [-0.2, 0) is 19.4 Å². The molecule has 2 heterocycles. The van der Waals surface area contributed by atoms with Gasteiger partial charge in [-0.15, -0.1) is 0 Å². The average molecular weight is 217 g/mol. The Hall–Kier alpha value is -1.35. The van der Waals surface area contributed by atoms with E-state index in [9.17, 15) is 0 Å². The number of hydrogen-bond donors (Lipinski definition) is 1. The zero-order valence-corrected chi connectivity index (χ0v) is 9.87. The highest BCUT2D eigenvalue weighted by atomic mass is 15.1. The minimum Gasteiger partial charge on any atom is -0.401 e. The SMILES string of the molecule is C=C(N)CN1CCc2ncc(CC)cc2C1. The van der Waals surface area contributed by atoms with Crippen LogP contribution in [0.15, 0.2) is 24.5 Å². The molecule has 16 heavy (non-hydrogen) atoms. The van der Waals surface area contributed by atoms with E-state index in [1.165, 1.54) is 16.8 Å². The second kappa shape index (κ2) is 4.66. The fraction of sp³-hybridized carbons (Fsp3) is 0.462. The predicted octanol–water partition coefficient (Wildman–Crippen LogP) is 1.47. The van der Waals surface area contributed by atoms with Gasteiger partial charge in [0.2, 0.25) is 0 Å².